The van der Waals surface area contributed by atoms with Crippen LogP contribution in [0.3, 0.4) is 0 Å². The fraction of sp³-hybridized carbons (Fsp3) is 0.200. The molecule has 0 saturated carbocycles. The van der Waals surface area contributed by atoms with E-state index in [0.717, 1.165) is 11.1 Å². The minimum atomic E-state index is 0.158. The van der Waals surface area contributed by atoms with Crippen molar-refractivity contribution in [3.8, 4) is 11.9 Å². The standard InChI is InChI=1S/C10H9N3O/c1-6-7(4-11)5-12-8-3-9(14)13(2)10(6)8/h3,5,14H,1-2H3. The number of nitrogens with zero attached hydrogens (tertiary/aromatic N) is 3. The highest BCUT2D eigenvalue weighted by molar-refractivity contribution is 5.82. The summed E-state index contributed by atoms with van der Waals surface area (Å²) in [6.45, 7) is 1.85. The first-order valence-electron chi connectivity index (χ1n) is 4.19. The van der Waals surface area contributed by atoms with Crippen molar-refractivity contribution in [2.75, 3.05) is 0 Å². The van der Waals surface area contributed by atoms with Crippen molar-refractivity contribution in [2.24, 2.45) is 7.05 Å². The molecule has 2 heterocycles. The Kier molecular flexibility index (Phi) is 1.68. The number of rotatable bonds is 0. The van der Waals surface area contributed by atoms with Gasteiger partial charge in [0.05, 0.1) is 16.6 Å². The van der Waals surface area contributed by atoms with Crippen LogP contribution in [0.2, 0.25) is 0 Å². The third-order valence-corrected chi connectivity index (χ3v) is 2.40. The van der Waals surface area contributed by atoms with Crippen LogP contribution in [-0.2, 0) is 7.05 Å². The average molecular weight is 187 g/mol. The summed E-state index contributed by atoms with van der Waals surface area (Å²) in [5.41, 5.74) is 2.90. The van der Waals surface area contributed by atoms with E-state index < -0.39 is 0 Å². The molecule has 0 atom stereocenters. The number of fused-ring (bicyclic) bond motifs is 1. The summed E-state index contributed by atoms with van der Waals surface area (Å²) in [6.07, 6.45) is 1.52. The van der Waals surface area contributed by atoms with Crippen molar-refractivity contribution in [3.05, 3.63) is 23.4 Å². The minimum absolute atomic E-state index is 0.158. The van der Waals surface area contributed by atoms with Gasteiger partial charge in [-0.1, -0.05) is 0 Å². The van der Waals surface area contributed by atoms with Crippen molar-refractivity contribution < 1.29 is 5.11 Å². The number of pyridine rings is 1. The van der Waals surface area contributed by atoms with Crippen molar-refractivity contribution in [1.29, 1.82) is 5.26 Å². The van der Waals surface area contributed by atoms with E-state index in [4.69, 9.17) is 5.26 Å². The van der Waals surface area contributed by atoms with Crippen molar-refractivity contribution in [2.45, 2.75) is 6.92 Å². The lowest BCUT2D eigenvalue weighted by Crippen LogP contribution is -1.93. The van der Waals surface area contributed by atoms with E-state index in [9.17, 15) is 5.11 Å². The van der Waals surface area contributed by atoms with Crippen molar-refractivity contribution >= 4 is 11.0 Å². The summed E-state index contributed by atoms with van der Waals surface area (Å²) in [5.74, 6) is 0.158. The summed E-state index contributed by atoms with van der Waals surface area (Å²) in [5, 5.41) is 18.3. The molecule has 0 aromatic carbocycles. The Hall–Kier alpha value is -2.02. The molecule has 0 aliphatic heterocycles. The maximum Gasteiger partial charge on any atom is 0.193 e. The number of hydrogen-bond acceptors (Lipinski definition) is 3. The van der Waals surface area contributed by atoms with Gasteiger partial charge in [-0.3, -0.25) is 4.98 Å². The van der Waals surface area contributed by atoms with E-state index in [1.807, 2.05) is 6.92 Å². The molecule has 0 amide bonds. The number of aromatic hydroxyl groups is 1. The third kappa shape index (κ3) is 0.958. The molecule has 0 unspecified atom stereocenters. The van der Waals surface area contributed by atoms with Crippen LogP contribution >= 0.6 is 0 Å². The van der Waals surface area contributed by atoms with E-state index >= 15 is 0 Å². The number of aryl methyl sites for hydroxylation is 2. The highest BCUT2D eigenvalue weighted by Gasteiger charge is 2.10. The first-order chi connectivity index (χ1) is 6.65. The van der Waals surface area contributed by atoms with Crippen LogP contribution in [0.5, 0.6) is 5.88 Å². The molecule has 4 nitrogen and oxygen atoms in total. The molecule has 0 saturated heterocycles. The van der Waals surface area contributed by atoms with Gasteiger partial charge in [-0.2, -0.15) is 5.26 Å². The second kappa shape index (κ2) is 2.74. The Balaban J connectivity index is 2.95. The molecule has 2 aromatic rings. The fourth-order valence-electron chi connectivity index (χ4n) is 1.59. The Morgan fingerprint density at radius 3 is 2.93 bits per heavy atom. The van der Waals surface area contributed by atoms with Gasteiger partial charge in [-0.25, -0.2) is 0 Å². The summed E-state index contributed by atoms with van der Waals surface area (Å²) in [6, 6.07) is 3.65. The maximum atomic E-state index is 9.47. The molecule has 1 N–H and O–H groups in total. The predicted molar refractivity (Wildman–Crippen MR) is 51.8 cm³/mol. The lowest BCUT2D eigenvalue weighted by Gasteiger charge is -2.02. The molecule has 0 fully saturated rings. The van der Waals surface area contributed by atoms with Crippen LogP contribution < -0.4 is 0 Å². The molecule has 14 heavy (non-hydrogen) atoms. The molecule has 0 bridgehead atoms. The maximum absolute atomic E-state index is 9.47. The molecule has 0 spiro atoms. The van der Waals surface area contributed by atoms with E-state index in [1.165, 1.54) is 6.20 Å². The lowest BCUT2D eigenvalue weighted by molar-refractivity contribution is 0.435. The molecular weight excluding hydrogens is 178 g/mol. The highest BCUT2D eigenvalue weighted by atomic mass is 16.3. The lowest BCUT2D eigenvalue weighted by atomic mass is 10.1. The molecule has 2 rings (SSSR count). The molecule has 70 valence electrons. The van der Waals surface area contributed by atoms with Gasteiger partial charge in [0.1, 0.15) is 6.07 Å². The summed E-state index contributed by atoms with van der Waals surface area (Å²) >= 11 is 0. The number of hydrogen-bond donors (Lipinski definition) is 1. The summed E-state index contributed by atoms with van der Waals surface area (Å²) in [7, 11) is 1.74. The van der Waals surface area contributed by atoms with Gasteiger partial charge in [0.25, 0.3) is 0 Å². The molecular formula is C10H9N3O. The normalized spacial score (nSPS) is 10.4. The second-order valence-corrected chi connectivity index (χ2v) is 3.20. The van der Waals surface area contributed by atoms with Crippen LogP contribution in [0, 0.1) is 18.3 Å². The van der Waals surface area contributed by atoms with Crippen molar-refractivity contribution in [1.82, 2.24) is 9.55 Å². The smallest absolute Gasteiger partial charge is 0.193 e. The van der Waals surface area contributed by atoms with Gasteiger partial charge in [-0.15, -0.1) is 0 Å². The van der Waals surface area contributed by atoms with Crippen LogP contribution in [0.25, 0.3) is 11.0 Å². The predicted octanol–water partition coefficient (Wildman–Crippen LogP) is 1.46. The molecule has 0 aliphatic rings. The van der Waals surface area contributed by atoms with E-state index in [2.05, 4.69) is 11.1 Å². The number of aromatic nitrogens is 2. The quantitative estimate of drug-likeness (QED) is 0.679. The van der Waals surface area contributed by atoms with Crippen LogP contribution in [-0.4, -0.2) is 14.7 Å². The minimum Gasteiger partial charge on any atom is -0.494 e. The fourth-order valence-corrected chi connectivity index (χ4v) is 1.59. The van der Waals surface area contributed by atoms with Crippen LogP contribution in [0.4, 0.5) is 0 Å². The monoisotopic (exact) mass is 187 g/mol. The molecule has 4 heteroatoms. The third-order valence-electron chi connectivity index (χ3n) is 2.40. The second-order valence-electron chi connectivity index (χ2n) is 3.20. The average Bonchev–Trinajstić information content (AvgIpc) is 2.44. The van der Waals surface area contributed by atoms with E-state index in [-0.39, 0.29) is 5.88 Å². The van der Waals surface area contributed by atoms with Gasteiger partial charge in [0.2, 0.25) is 0 Å². The van der Waals surface area contributed by atoms with Gasteiger partial charge >= 0.3 is 0 Å². The summed E-state index contributed by atoms with van der Waals surface area (Å²) < 4.78 is 1.62. The Morgan fingerprint density at radius 1 is 1.57 bits per heavy atom. The van der Waals surface area contributed by atoms with Crippen LogP contribution in [0.1, 0.15) is 11.1 Å². The van der Waals surface area contributed by atoms with Gasteiger partial charge in [0, 0.05) is 19.3 Å². The molecule has 0 radical (unpaired) electrons. The van der Waals surface area contributed by atoms with E-state index in [1.54, 1.807) is 17.7 Å². The topological polar surface area (TPSA) is 61.8 Å². The molecule has 2 aromatic heterocycles. The highest BCUT2D eigenvalue weighted by Crippen LogP contribution is 2.25. The first kappa shape index (κ1) is 8.57. The number of nitriles is 1. The largest absolute Gasteiger partial charge is 0.494 e. The Bertz CT molecular complexity index is 548. The SMILES string of the molecule is Cc1c(C#N)cnc2cc(O)n(C)c12. The zero-order valence-electron chi connectivity index (χ0n) is 7.94. The Labute approximate surface area is 81.0 Å². The Morgan fingerprint density at radius 2 is 2.29 bits per heavy atom. The zero-order chi connectivity index (χ0) is 10.3. The van der Waals surface area contributed by atoms with Gasteiger partial charge in [-0.05, 0) is 12.5 Å². The summed E-state index contributed by atoms with van der Waals surface area (Å²) in [4.78, 5) is 4.09. The van der Waals surface area contributed by atoms with Gasteiger partial charge in [0.15, 0.2) is 5.88 Å². The van der Waals surface area contributed by atoms with Gasteiger partial charge < -0.3 is 9.67 Å². The zero-order valence-corrected chi connectivity index (χ0v) is 7.94. The first-order valence-corrected chi connectivity index (χ1v) is 4.19. The molecule has 0 aliphatic carbocycles. The van der Waals surface area contributed by atoms with Crippen LogP contribution in [0.15, 0.2) is 12.3 Å². The van der Waals surface area contributed by atoms with E-state index in [0.29, 0.717) is 11.1 Å². The van der Waals surface area contributed by atoms with Crippen molar-refractivity contribution in [3.63, 3.8) is 0 Å².